The van der Waals surface area contributed by atoms with Gasteiger partial charge in [-0.2, -0.15) is 0 Å². The van der Waals surface area contributed by atoms with E-state index >= 15 is 0 Å². The van der Waals surface area contributed by atoms with Crippen LogP contribution in [0, 0.1) is 0 Å². The van der Waals surface area contributed by atoms with E-state index < -0.39 is 28.5 Å². The quantitative estimate of drug-likeness (QED) is 0.354. The highest BCUT2D eigenvalue weighted by molar-refractivity contribution is 7.92. The second-order valence-electron chi connectivity index (χ2n) is 8.37. The van der Waals surface area contributed by atoms with Gasteiger partial charge in [-0.3, -0.25) is 13.9 Å². The molecule has 38 heavy (non-hydrogen) atoms. The molecule has 3 aromatic carbocycles. The summed E-state index contributed by atoms with van der Waals surface area (Å²) in [5.74, 6) is -0.538. The third-order valence-corrected chi connectivity index (χ3v) is 8.33. The topological polar surface area (TPSA) is 96.0 Å². The predicted octanol–water partition coefficient (Wildman–Crippen LogP) is 4.75. The number of amides is 2. The predicted molar refractivity (Wildman–Crippen MR) is 149 cm³/mol. The Hall–Kier alpha value is -3.27. The first-order valence-electron chi connectivity index (χ1n) is 11.8. The molecule has 202 valence electrons. The van der Waals surface area contributed by atoms with Gasteiger partial charge in [0.25, 0.3) is 10.0 Å². The monoisotopic (exact) mass is 577 g/mol. The van der Waals surface area contributed by atoms with E-state index in [-0.39, 0.29) is 23.0 Å². The van der Waals surface area contributed by atoms with Gasteiger partial charge < -0.3 is 15.0 Å². The molecule has 0 radical (unpaired) electrons. The fourth-order valence-corrected chi connectivity index (χ4v) is 5.50. The third-order valence-electron chi connectivity index (χ3n) is 5.81. The number of rotatable bonds is 11. The maximum absolute atomic E-state index is 13.8. The lowest BCUT2D eigenvalue weighted by molar-refractivity contribution is -0.139. The molecular weight excluding hydrogens is 549 g/mol. The average molecular weight is 579 g/mol. The minimum Gasteiger partial charge on any atom is -0.497 e. The number of ether oxygens (including phenoxy) is 1. The summed E-state index contributed by atoms with van der Waals surface area (Å²) in [5, 5.41) is 3.36. The zero-order chi connectivity index (χ0) is 27.9. The van der Waals surface area contributed by atoms with E-state index in [4.69, 9.17) is 27.9 Å². The van der Waals surface area contributed by atoms with Crippen LogP contribution < -0.4 is 14.4 Å². The number of benzene rings is 3. The molecule has 3 aromatic rings. The molecular formula is C27H29Cl2N3O5S. The summed E-state index contributed by atoms with van der Waals surface area (Å²) in [6.07, 6.45) is 0. The van der Waals surface area contributed by atoms with Gasteiger partial charge in [0.1, 0.15) is 18.3 Å². The van der Waals surface area contributed by atoms with Crippen LogP contribution in [0.4, 0.5) is 5.69 Å². The van der Waals surface area contributed by atoms with E-state index in [0.29, 0.717) is 27.9 Å². The zero-order valence-corrected chi connectivity index (χ0v) is 23.6. The maximum Gasteiger partial charge on any atom is 0.264 e. The van der Waals surface area contributed by atoms with Crippen LogP contribution >= 0.6 is 23.2 Å². The highest BCUT2D eigenvalue weighted by Crippen LogP contribution is 2.28. The molecule has 1 N–H and O–H groups in total. The van der Waals surface area contributed by atoms with Crippen molar-refractivity contribution in [1.29, 1.82) is 0 Å². The average Bonchev–Trinajstić information content (AvgIpc) is 2.92. The van der Waals surface area contributed by atoms with Crippen molar-refractivity contribution in [2.75, 3.05) is 24.5 Å². The number of hydrogen-bond donors (Lipinski definition) is 1. The Bertz CT molecular complexity index is 1390. The number of nitrogens with one attached hydrogen (secondary N) is 1. The van der Waals surface area contributed by atoms with E-state index in [1.54, 1.807) is 68.4 Å². The first kappa shape index (κ1) is 29.3. The first-order valence-corrected chi connectivity index (χ1v) is 14.0. The number of halogens is 2. The summed E-state index contributed by atoms with van der Waals surface area (Å²) in [6, 6.07) is 18.2. The maximum atomic E-state index is 13.8. The molecule has 1 atom stereocenters. The van der Waals surface area contributed by atoms with E-state index in [2.05, 4.69) is 5.32 Å². The smallest absolute Gasteiger partial charge is 0.264 e. The fourth-order valence-electron chi connectivity index (χ4n) is 3.75. The largest absolute Gasteiger partial charge is 0.497 e. The van der Waals surface area contributed by atoms with Crippen molar-refractivity contribution in [3.8, 4) is 5.75 Å². The number of carbonyl (C=O) groups is 2. The van der Waals surface area contributed by atoms with Gasteiger partial charge >= 0.3 is 0 Å². The zero-order valence-electron chi connectivity index (χ0n) is 21.2. The van der Waals surface area contributed by atoms with Gasteiger partial charge in [0.05, 0.1) is 27.7 Å². The van der Waals surface area contributed by atoms with E-state index in [1.165, 1.54) is 30.2 Å². The van der Waals surface area contributed by atoms with Gasteiger partial charge in [-0.15, -0.1) is 0 Å². The number of sulfonamides is 1. The Morgan fingerprint density at radius 1 is 0.974 bits per heavy atom. The molecule has 0 spiro atoms. The standard InChI is InChI=1S/C27H29Cl2N3O5S/c1-4-30-27(34)19(2)31(17-20-13-14-24(28)25(29)15-20)26(33)18-32(21-9-8-10-22(16-21)37-3)38(35,36)23-11-6-5-7-12-23/h5-16,19H,4,17-18H2,1-3H3,(H,30,34). The summed E-state index contributed by atoms with van der Waals surface area (Å²) in [5.41, 5.74) is 0.865. The second-order valence-corrected chi connectivity index (χ2v) is 11.0. The van der Waals surface area contributed by atoms with Crippen LogP contribution in [0.1, 0.15) is 19.4 Å². The van der Waals surface area contributed by atoms with Crippen LogP contribution in [0.2, 0.25) is 10.0 Å². The van der Waals surface area contributed by atoms with E-state index in [9.17, 15) is 18.0 Å². The van der Waals surface area contributed by atoms with Gasteiger partial charge in [-0.1, -0.05) is 53.5 Å². The van der Waals surface area contributed by atoms with Crippen LogP contribution in [0.15, 0.2) is 77.7 Å². The molecule has 0 saturated heterocycles. The summed E-state index contributed by atoms with van der Waals surface area (Å²) in [7, 11) is -2.69. The molecule has 0 fully saturated rings. The molecule has 0 bridgehead atoms. The Morgan fingerprint density at radius 3 is 2.32 bits per heavy atom. The Labute approximate surface area is 233 Å². The molecule has 0 saturated carbocycles. The summed E-state index contributed by atoms with van der Waals surface area (Å²) in [4.78, 5) is 27.9. The normalized spacial score (nSPS) is 11.9. The van der Waals surface area contributed by atoms with Crippen molar-refractivity contribution in [2.45, 2.75) is 31.3 Å². The minimum absolute atomic E-state index is 0.00532. The highest BCUT2D eigenvalue weighted by atomic mass is 35.5. The SMILES string of the molecule is CCNC(=O)C(C)N(Cc1ccc(Cl)c(Cl)c1)C(=O)CN(c1cccc(OC)c1)S(=O)(=O)c1ccccc1. The van der Waals surface area contributed by atoms with Crippen LogP contribution in [0.5, 0.6) is 5.75 Å². The third kappa shape index (κ3) is 6.98. The lowest BCUT2D eigenvalue weighted by Gasteiger charge is -2.32. The first-order chi connectivity index (χ1) is 18.1. The summed E-state index contributed by atoms with van der Waals surface area (Å²) in [6.45, 7) is 3.17. The van der Waals surface area contributed by atoms with Gasteiger partial charge in [0.15, 0.2) is 0 Å². The highest BCUT2D eigenvalue weighted by Gasteiger charge is 2.32. The van der Waals surface area contributed by atoms with Crippen LogP contribution in [-0.2, 0) is 26.2 Å². The number of nitrogens with zero attached hydrogens (tertiary/aromatic N) is 2. The Balaban J connectivity index is 2.04. The van der Waals surface area contributed by atoms with Crippen molar-refractivity contribution >= 4 is 50.7 Å². The summed E-state index contributed by atoms with van der Waals surface area (Å²) < 4.78 is 33.8. The second kappa shape index (κ2) is 13.0. The van der Waals surface area contributed by atoms with Crippen LogP contribution in [-0.4, -0.2) is 51.4 Å². The lowest BCUT2D eigenvalue weighted by atomic mass is 10.1. The van der Waals surface area contributed by atoms with Gasteiger partial charge in [0.2, 0.25) is 11.8 Å². The molecule has 2 amide bonds. The van der Waals surface area contributed by atoms with Crippen molar-refractivity contribution in [1.82, 2.24) is 10.2 Å². The van der Waals surface area contributed by atoms with Gasteiger partial charge in [-0.05, 0) is 55.8 Å². The van der Waals surface area contributed by atoms with Crippen molar-refractivity contribution in [2.24, 2.45) is 0 Å². The molecule has 0 heterocycles. The Morgan fingerprint density at radius 2 is 1.68 bits per heavy atom. The number of carbonyl (C=O) groups excluding carboxylic acids is 2. The van der Waals surface area contributed by atoms with Gasteiger partial charge in [0, 0.05) is 19.2 Å². The molecule has 1 unspecified atom stereocenters. The van der Waals surface area contributed by atoms with Crippen LogP contribution in [0.25, 0.3) is 0 Å². The molecule has 0 aliphatic rings. The number of methoxy groups -OCH3 is 1. The van der Waals surface area contributed by atoms with Crippen molar-refractivity contribution in [3.63, 3.8) is 0 Å². The van der Waals surface area contributed by atoms with Crippen molar-refractivity contribution < 1.29 is 22.7 Å². The van der Waals surface area contributed by atoms with E-state index in [0.717, 1.165) is 4.31 Å². The molecule has 8 nitrogen and oxygen atoms in total. The van der Waals surface area contributed by atoms with Gasteiger partial charge in [-0.25, -0.2) is 8.42 Å². The number of likely N-dealkylation sites (N-methyl/N-ethyl adjacent to an activating group) is 1. The molecule has 0 aliphatic heterocycles. The Kier molecular flexibility index (Phi) is 10.0. The number of hydrogen-bond acceptors (Lipinski definition) is 5. The lowest BCUT2D eigenvalue weighted by Crippen LogP contribution is -2.51. The molecule has 3 rings (SSSR count). The molecule has 11 heteroatoms. The van der Waals surface area contributed by atoms with Crippen LogP contribution in [0.3, 0.4) is 0 Å². The van der Waals surface area contributed by atoms with Crippen molar-refractivity contribution in [3.05, 3.63) is 88.4 Å². The fraction of sp³-hybridized carbons (Fsp3) is 0.259. The molecule has 0 aromatic heterocycles. The summed E-state index contributed by atoms with van der Waals surface area (Å²) >= 11 is 12.2. The van der Waals surface area contributed by atoms with E-state index in [1.807, 2.05) is 0 Å². The molecule has 0 aliphatic carbocycles. The number of anilines is 1. The minimum atomic E-state index is -4.16.